The second kappa shape index (κ2) is 6.41. The van der Waals surface area contributed by atoms with Gasteiger partial charge >= 0.3 is 5.97 Å². The van der Waals surface area contributed by atoms with Crippen LogP contribution in [0.15, 0.2) is 26.7 Å². The number of hydrogen-bond donors (Lipinski definition) is 0. The van der Waals surface area contributed by atoms with Gasteiger partial charge in [0.25, 0.3) is 0 Å². The van der Waals surface area contributed by atoms with Crippen LogP contribution in [-0.4, -0.2) is 16.1 Å². The number of aryl methyl sites for hydroxylation is 2. The number of hydrogen-bond acceptors (Lipinski definition) is 7. The molecule has 0 spiro atoms. The minimum Gasteiger partial charge on any atom is -0.455 e. The molecule has 22 heavy (non-hydrogen) atoms. The largest absolute Gasteiger partial charge is 0.455 e. The molecule has 3 aromatic heterocycles. The van der Waals surface area contributed by atoms with Crippen molar-refractivity contribution in [3.05, 3.63) is 44.9 Å². The summed E-state index contributed by atoms with van der Waals surface area (Å²) in [7, 11) is 0. The Morgan fingerprint density at radius 1 is 1.41 bits per heavy atom. The number of carbonyl (C=O) groups excluding carboxylic acids is 1. The molecular formula is C15H14N2O3S2. The maximum Gasteiger partial charge on any atom is 0.344 e. The van der Waals surface area contributed by atoms with Crippen LogP contribution in [0.3, 0.4) is 0 Å². The Bertz CT molecular complexity index is 775. The highest BCUT2D eigenvalue weighted by atomic mass is 32.1. The van der Waals surface area contributed by atoms with E-state index in [1.54, 1.807) is 29.6 Å². The van der Waals surface area contributed by atoms with Crippen molar-refractivity contribution in [3.63, 3.8) is 0 Å². The van der Waals surface area contributed by atoms with E-state index in [4.69, 9.17) is 9.26 Å². The summed E-state index contributed by atoms with van der Waals surface area (Å²) in [5, 5.41) is 10.8. The van der Waals surface area contributed by atoms with E-state index in [9.17, 15) is 4.79 Å². The Morgan fingerprint density at radius 3 is 3.00 bits per heavy atom. The molecular weight excluding hydrogens is 320 g/mol. The lowest BCUT2D eigenvalue weighted by atomic mass is 10.1. The lowest BCUT2D eigenvalue weighted by Gasteiger charge is -2.02. The van der Waals surface area contributed by atoms with Crippen LogP contribution in [0.4, 0.5) is 0 Å². The van der Waals surface area contributed by atoms with Crippen LogP contribution < -0.4 is 0 Å². The van der Waals surface area contributed by atoms with E-state index < -0.39 is 5.97 Å². The van der Waals surface area contributed by atoms with Crippen molar-refractivity contribution in [3.8, 4) is 10.6 Å². The predicted molar refractivity (Wildman–Crippen MR) is 85.2 cm³/mol. The lowest BCUT2D eigenvalue weighted by molar-refractivity contribution is 0.0465. The maximum absolute atomic E-state index is 12.2. The summed E-state index contributed by atoms with van der Waals surface area (Å²) >= 11 is 3.17. The third-order valence-corrected chi connectivity index (χ3v) is 4.77. The Balaban J connectivity index is 1.68. The van der Waals surface area contributed by atoms with Crippen LogP contribution in [0.5, 0.6) is 0 Å². The van der Waals surface area contributed by atoms with Crippen molar-refractivity contribution in [2.75, 3.05) is 0 Å². The average Bonchev–Trinajstić information content (AvgIpc) is 3.24. The van der Waals surface area contributed by atoms with E-state index in [1.165, 1.54) is 0 Å². The van der Waals surface area contributed by atoms with Gasteiger partial charge in [0.1, 0.15) is 22.9 Å². The van der Waals surface area contributed by atoms with Crippen molar-refractivity contribution in [2.24, 2.45) is 0 Å². The molecule has 0 aliphatic carbocycles. The first-order valence-electron chi connectivity index (χ1n) is 6.78. The number of nitrogens with zero attached hydrogens (tertiary/aromatic N) is 2. The summed E-state index contributed by atoms with van der Waals surface area (Å²) in [5.41, 5.74) is 2.89. The Kier molecular flexibility index (Phi) is 4.35. The van der Waals surface area contributed by atoms with Crippen LogP contribution >= 0.6 is 22.7 Å². The Morgan fingerprint density at radius 2 is 2.27 bits per heavy atom. The maximum atomic E-state index is 12.2. The third-order valence-electron chi connectivity index (χ3n) is 3.14. The molecule has 0 saturated carbocycles. The molecule has 0 aliphatic rings. The SMILES string of the molecule is CCc1noc(C)c1C(=O)OCc1csc(-c2ccsc2)n1. The van der Waals surface area contributed by atoms with Crippen LogP contribution in [0.1, 0.15) is 34.4 Å². The molecule has 0 atom stereocenters. The smallest absolute Gasteiger partial charge is 0.344 e. The quantitative estimate of drug-likeness (QED) is 0.658. The minimum atomic E-state index is -0.416. The Labute approximate surface area is 135 Å². The van der Waals surface area contributed by atoms with E-state index in [0.29, 0.717) is 23.4 Å². The zero-order valence-electron chi connectivity index (χ0n) is 12.2. The standard InChI is InChI=1S/C15H14N2O3S2/c1-3-12-13(9(2)20-17-12)15(18)19-6-11-8-22-14(16-11)10-4-5-21-7-10/h4-5,7-8H,3,6H2,1-2H3. The van der Waals surface area contributed by atoms with Crippen molar-refractivity contribution in [1.29, 1.82) is 0 Å². The van der Waals surface area contributed by atoms with Gasteiger partial charge in [0.15, 0.2) is 0 Å². The molecule has 114 valence electrons. The lowest BCUT2D eigenvalue weighted by Crippen LogP contribution is -2.08. The fraction of sp³-hybridized carbons (Fsp3) is 0.267. The normalized spacial score (nSPS) is 10.8. The van der Waals surface area contributed by atoms with Gasteiger partial charge in [-0.25, -0.2) is 9.78 Å². The highest BCUT2D eigenvalue weighted by Gasteiger charge is 2.21. The number of rotatable bonds is 5. The molecule has 0 aliphatic heterocycles. The summed E-state index contributed by atoms with van der Waals surface area (Å²) < 4.78 is 10.4. The van der Waals surface area contributed by atoms with Gasteiger partial charge in [-0.05, 0) is 24.8 Å². The first-order valence-corrected chi connectivity index (χ1v) is 8.60. The highest BCUT2D eigenvalue weighted by molar-refractivity contribution is 7.14. The second-order valence-electron chi connectivity index (χ2n) is 4.65. The second-order valence-corrected chi connectivity index (χ2v) is 6.28. The van der Waals surface area contributed by atoms with Gasteiger partial charge in [-0.2, -0.15) is 11.3 Å². The molecule has 3 rings (SSSR count). The number of aromatic nitrogens is 2. The molecule has 3 heterocycles. The van der Waals surface area contributed by atoms with Gasteiger partial charge in [-0.1, -0.05) is 12.1 Å². The van der Waals surface area contributed by atoms with E-state index in [2.05, 4.69) is 10.1 Å². The molecule has 0 radical (unpaired) electrons. The molecule has 0 amide bonds. The third kappa shape index (κ3) is 2.95. The summed E-state index contributed by atoms with van der Waals surface area (Å²) in [6.07, 6.45) is 0.626. The van der Waals surface area contributed by atoms with Gasteiger partial charge < -0.3 is 9.26 Å². The molecule has 0 fully saturated rings. The molecule has 3 aromatic rings. The minimum absolute atomic E-state index is 0.146. The van der Waals surface area contributed by atoms with Gasteiger partial charge in [-0.15, -0.1) is 11.3 Å². The molecule has 0 N–H and O–H groups in total. The predicted octanol–water partition coefficient (Wildman–Crippen LogP) is 4.09. The van der Waals surface area contributed by atoms with Gasteiger partial charge in [-0.3, -0.25) is 0 Å². The van der Waals surface area contributed by atoms with Crippen molar-refractivity contribution >= 4 is 28.6 Å². The zero-order chi connectivity index (χ0) is 15.5. The number of esters is 1. The van der Waals surface area contributed by atoms with Crippen LogP contribution in [0, 0.1) is 6.92 Å². The van der Waals surface area contributed by atoms with Gasteiger partial charge in [0.05, 0.1) is 11.4 Å². The summed E-state index contributed by atoms with van der Waals surface area (Å²) in [4.78, 5) is 16.7. The van der Waals surface area contributed by atoms with Gasteiger partial charge in [0.2, 0.25) is 0 Å². The monoisotopic (exact) mass is 334 g/mol. The summed E-state index contributed by atoms with van der Waals surface area (Å²) in [5.74, 6) is 0.0692. The van der Waals surface area contributed by atoms with E-state index in [1.807, 2.05) is 29.1 Å². The van der Waals surface area contributed by atoms with Crippen molar-refractivity contribution in [2.45, 2.75) is 26.9 Å². The van der Waals surface area contributed by atoms with Crippen LogP contribution in [0.2, 0.25) is 0 Å². The molecule has 0 bridgehead atoms. The number of thiophene rings is 1. The Hall–Kier alpha value is -1.99. The number of ether oxygens (including phenoxy) is 1. The average molecular weight is 334 g/mol. The highest BCUT2D eigenvalue weighted by Crippen LogP contribution is 2.26. The molecule has 0 saturated heterocycles. The molecule has 5 nitrogen and oxygen atoms in total. The van der Waals surface area contributed by atoms with E-state index in [-0.39, 0.29) is 6.61 Å². The van der Waals surface area contributed by atoms with E-state index in [0.717, 1.165) is 16.3 Å². The van der Waals surface area contributed by atoms with Crippen LogP contribution in [-0.2, 0) is 17.8 Å². The zero-order valence-corrected chi connectivity index (χ0v) is 13.8. The summed E-state index contributed by atoms with van der Waals surface area (Å²) in [6, 6.07) is 2.02. The molecule has 0 aromatic carbocycles. The van der Waals surface area contributed by atoms with Crippen molar-refractivity contribution in [1.82, 2.24) is 10.1 Å². The fourth-order valence-electron chi connectivity index (χ4n) is 2.02. The fourth-order valence-corrected chi connectivity index (χ4v) is 3.54. The van der Waals surface area contributed by atoms with Gasteiger partial charge in [0, 0.05) is 16.3 Å². The number of thiazole rings is 1. The van der Waals surface area contributed by atoms with Crippen LogP contribution in [0.25, 0.3) is 10.6 Å². The topological polar surface area (TPSA) is 65.2 Å². The summed E-state index contributed by atoms with van der Waals surface area (Å²) in [6.45, 7) is 3.77. The van der Waals surface area contributed by atoms with Crippen molar-refractivity contribution < 1.29 is 14.1 Å². The molecule has 7 heteroatoms. The first kappa shape index (κ1) is 14.9. The molecule has 0 unspecified atom stereocenters. The van der Waals surface area contributed by atoms with E-state index >= 15 is 0 Å². The first-order chi connectivity index (χ1) is 10.7. The number of carbonyl (C=O) groups is 1.